The maximum atomic E-state index is 5.92. The molecule has 0 radical (unpaired) electrons. The Hall–Kier alpha value is -2.55. The van der Waals surface area contributed by atoms with Gasteiger partial charge in [-0.1, -0.05) is 18.2 Å². The third-order valence-corrected chi connectivity index (χ3v) is 5.23. The molecule has 0 aliphatic carbocycles. The first kappa shape index (κ1) is 23.1. The van der Waals surface area contributed by atoms with Crippen molar-refractivity contribution in [3.8, 4) is 11.5 Å². The van der Waals surface area contributed by atoms with Gasteiger partial charge in [-0.15, -0.1) is 24.0 Å². The number of aromatic nitrogens is 1. The molecule has 2 aromatic carbocycles. The van der Waals surface area contributed by atoms with E-state index in [1.807, 2.05) is 37.4 Å². The van der Waals surface area contributed by atoms with Crippen molar-refractivity contribution in [2.75, 3.05) is 13.7 Å². The van der Waals surface area contributed by atoms with Crippen molar-refractivity contribution in [3.63, 3.8) is 0 Å². The molecule has 0 saturated heterocycles. The van der Waals surface area contributed by atoms with E-state index in [4.69, 9.17) is 9.47 Å². The molecule has 6 nitrogen and oxygen atoms in total. The Bertz CT molecular complexity index is 1070. The fourth-order valence-electron chi connectivity index (χ4n) is 3.80. The SMILES string of the molecule is CCOc1cc2c(cc1CNC(=NC)NCc1ccnc3ccccc13)OC(C)C2.I. The van der Waals surface area contributed by atoms with Gasteiger partial charge in [-0.05, 0) is 43.7 Å². The second-order valence-electron chi connectivity index (χ2n) is 7.40. The lowest BCUT2D eigenvalue weighted by atomic mass is 10.1. The Labute approximate surface area is 200 Å². The lowest BCUT2D eigenvalue weighted by molar-refractivity contribution is 0.254. The maximum Gasteiger partial charge on any atom is 0.191 e. The number of guanidine groups is 1. The van der Waals surface area contributed by atoms with Crippen LogP contribution in [0.15, 0.2) is 53.7 Å². The summed E-state index contributed by atoms with van der Waals surface area (Å²) in [6.07, 6.45) is 2.98. The Kier molecular flexibility index (Phi) is 7.95. The van der Waals surface area contributed by atoms with Gasteiger partial charge in [0.25, 0.3) is 0 Å². The molecule has 3 aromatic rings. The number of ether oxygens (including phenoxy) is 2. The van der Waals surface area contributed by atoms with Crippen LogP contribution in [0.3, 0.4) is 0 Å². The molecule has 0 spiro atoms. The number of hydrogen-bond acceptors (Lipinski definition) is 4. The minimum atomic E-state index is 0. The summed E-state index contributed by atoms with van der Waals surface area (Å²) >= 11 is 0. The third-order valence-electron chi connectivity index (χ3n) is 5.23. The van der Waals surface area contributed by atoms with E-state index in [0.29, 0.717) is 19.7 Å². The molecule has 0 saturated carbocycles. The monoisotopic (exact) mass is 532 g/mol. The number of hydrogen-bond donors (Lipinski definition) is 2. The average Bonchev–Trinajstić information content (AvgIpc) is 3.12. The summed E-state index contributed by atoms with van der Waals surface area (Å²) in [4.78, 5) is 8.79. The lowest BCUT2D eigenvalue weighted by Crippen LogP contribution is -2.36. The van der Waals surface area contributed by atoms with Gasteiger partial charge in [-0.2, -0.15) is 0 Å². The van der Waals surface area contributed by atoms with Crippen LogP contribution in [-0.2, 0) is 19.5 Å². The van der Waals surface area contributed by atoms with E-state index < -0.39 is 0 Å². The Morgan fingerprint density at radius 1 is 1.16 bits per heavy atom. The number of rotatable bonds is 6. The van der Waals surface area contributed by atoms with E-state index in [9.17, 15) is 0 Å². The van der Waals surface area contributed by atoms with Crippen molar-refractivity contribution in [1.29, 1.82) is 0 Å². The number of nitrogens with zero attached hydrogens (tertiary/aromatic N) is 2. The number of fused-ring (bicyclic) bond motifs is 2. The molecular formula is C24H29IN4O2. The third kappa shape index (κ3) is 5.39. The molecule has 2 N–H and O–H groups in total. The van der Waals surface area contributed by atoms with Crippen molar-refractivity contribution < 1.29 is 9.47 Å². The van der Waals surface area contributed by atoms with E-state index in [1.165, 1.54) is 11.1 Å². The normalized spacial score (nSPS) is 15.1. The molecule has 1 aliphatic rings. The van der Waals surface area contributed by atoms with Crippen molar-refractivity contribution in [2.24, 2.45) is 4.99 Å². The number of nitrogens with one attached hydrogen (secondary N) is 2. The van der Waals surface area contributed by atoms with Gasteiger partial charge in [0.15, 0.2) is 5.96 Å². The van der Waals surface area contributed by atoms with Crippen LogP contribution in [0.2, 0.25) is 0 Å². The van der Waals surface area contributed by atoms with E-state index in [-0.39, 0.29) is 30.1 Å². The van der Waals surface area contributed by atoms with Crippen LogP contribution in [0.1, 0.15) is 30.5 Å². The molecule has 164 valence electrons. The summed E-state index contributed by atoms with van der Waals surface area (Å²) in [6, 6.07) is 14.4. The zero-order valence-corrected chi connectivity index (χ0v) is 20.5. The smallest absolute Gasteiger partial charge is 0.191 e. The Balaban J connectivity index is 0.00000272. The number of para-hydroxylation sites is 1. The van der Waals surface area contributed by atoms with Gasteiger partial charge in [-0.3, -0.25) is 9.98 Å². The highest BCUT2D eigenvalue weighted by Gasteiger charge is 2.22. The summed E-state index contributed by atoms with van der Waals surface area (Å²) in [5.41, 5.74) is 4.44. The van der Waals surface area contributed by atoms with Crippen molar-refractivity contribution in [1.82, 2.24) is 15.6 Å². The second-order valence-corrected chi connectivity index (χ2v) is 7.40. The van der Waals surface area contributed by atoms with Gasteiger partial charge in [0.1, 0.15) is 17.6 Å². The first-order valence-electron chi connectivity index (χ1n) is 10.4. The Morgan fingerprint density at radius 3 is 2.71 bits per heavy atom. The van der Waals surface area contributed by atoms with Gasteiger partial charge in [0.2, 0.25) is 0 Å². The number of benzene rings is 2. The molecule has 7 heteroatoms. The molecule has 0 fully saturated rings. The molecule has 0 bridgehead atoms. The van der Waals surface area contributed by atoms with Crippen LogP contribution < -0.4 is 20.1 Å². The standard InChI is InChI=1S/C24H28N4O2.HI/c1-4-29-22-12-18-11-16(2)30-23(18)13-19(22)15-28-24(25-3)27-14-17-9-10-26-21-8-6-5-7-20(17)21;/h5-10,12-13,16H,4,11,14-15H2,1-3H3,(H2,25,27,28);1H. The predicted octanol–water partition coefficient (Wildman–Crippen LogP) is 4.44. The zero-order valence-electron chi connectivity index (χ0n) is 18.1. The van der Waals surface area contributed by atoms with Crippen LogP contribution in [0, 0.1) is 0 Å². The number of halogens is 1. The lowest BCUT2D eigenvalue weighted by Gasteiger charge is -2.16. The highest BCUT2D eigenvalue weighted by Crippen LogP contribution is 2.35. The molecule has 2 heterocycles. The molecule has 1 unspecified atom stereocenters. The van der Waals surface area contributed by atoms with Crippen LogP contribution in [0.5, 0.6) is 11.5 Å². The van der Waals surface area contributed by atoms with Crippen LogP contribution >= 0.6 is 24.0 Å². The molecule has 0 amide bonds. The molecule has 1 aliphatic heterocycles. The van der Waals surface area contributed by atoms with Crippen LogP contribution in [0.4, 0.5) is 0 Å². The largest absolute Gasteiger partial charge is 0.494 e. The highest BCUT2D eigenvalue weighted by atomic mass is 127. The van der Waals surface area contributed by atoms with E-state index in [2.05, 4.69) is 45.7 Å². The van der Waals surface area contributed by atoms with Crippen LogP contribution in [0.25, 0.3) is 10.9 Å². The number of aliphatic imine (C=N–C) groups is 1. The van der Waals surface area contributed by atoms with E-state index in [1.54, 1.807) is 7.05 Å². The zero-order chi connectivity index (χ0) is 20.9. The first-order chi connectivity index (χ1) is 14.7. The summed E-state index contributed by atoms with van der Waals surface area (Å²) in [7, 11) is 1.77. The molecule has 1 atom stereocenters. The van der Waals surface area contributed by atoms with Gasteiger partial charge < -0.3 is 20.1 Å². The average molecular weight is 532 g/mol. The fourth-order valence-corrected chi connectivity index (χ4v) is 3.80. The minimum absolute atomic E-state index is 0. The Morgan fingerprint density at radius 2 is 1.94 bits per heavy atom. The summed E-state index contributed by atoms with van der Waals surface area (Å²) in [6.45, 7) is 5.98. The molecule has 31 heavy (non-hydrogen) atoms. The van der Waals surface area contributed by atoms with Crippen molar-refractivity contribution >= 4 is 40.8 Å². The topological polar surface area (TPSA) is 67.8 Å². The summed E-state index contributed by atoms with van der Waals surface area (Å²) < 4.78 is 11.8. The quantitative estimate of drug-likeness (QED) is 0.279. The van der Waals surface area contributed by atoms with E-state index >= 15 is 0 Å². The number of pyridine rings is 1. The van der Waals surface area contributed by atoms with Gasteiger partial charge in [-0.25, -0.2) is 0 Å². The first-order valence-corrected chi connectivity index (χ1v) is 10.4. The molecular weight excluding hydrogens is 503 g/mol. The molecule has 4 rings (SSSR count). The van der Waals surface area contributed by atoms with Crippen LogP contribution in [-0.4, -0.2) is 30.7 Å². The minimum Gasteiger partial charge on any atom is -0.494 e. The fraction of sp³-hybridized carbons (Fsp3) is 0.333. The van der Waals surface area contributed by atoms with Gasteiger partial charge in [0, 0.05) is 49.3 Å². The summed E-state index contributed by atoms with van der Waals surface area (Å²) in [5.74, 6) is 2.58. The van der Waals surface area contributed by atoms with Gasteiger partial charge in [0.05, 0.1) is 12.1 Å². The van der Waals surface area contributed by atoms with E-state index in [0.717, 1.165) is 40.3 Å². The summed E-state index contributed by atoms with van der Waals surface area (Å²) in [5, 5.41) is 7.94. The van der Waals surface area contributed by atoms with Crippen molar-refractivity contribution in [3.05, 3.63) is 65.4 Å². The van der Waals surface area contributed by atoms with Crippen molar-refractivity contribution in [2.45, 2.75) is 39.5 Å². The maximum absolute atomic E-state index is 5.92. The molecule has 1 aromatic heterocycles. The highest BCUT2D eigenvalue weighted by molar-refractivity contribution is 14.0. The van der Waals surface area contributed by atoms with Gasteiger partial charge >= 0.3 is 0 Å². The second kappa shape index (κ2) is 10.7. The predicted molar refractivity (Wildman–Crippen MR) is 136 cm³/mol.